The number of aryl methyl sites for hydroxylation is 1. The van der Waals surface area contributed by atoms with Gasteiger partial charge in [-0.25, -0.2) is 39.7 Å². The van der Waals surface area contributed by atoms with Crippen molar-refractivity contribution >= 4 is 121 Å². The van der Waals surface area contributed by atoms with E-state index in [2.05, 4.69) is 26.6 Å². The van der Waals surface area contributed by atoms with E-state index in [1.807, 2.05) is 13.8 Å². The Bertz CT molecular complexity index is 4020. The third kappa shape index (κ3) is 15.7. The molecule has 0 radical (unpaired) electrons. The minimum Gasteiger partial charge on any atom is -0.481 e. The van der Waals surface area contributed by atoms with Crippen molar-refractivity contribution in [1.82, 2.24) is 61.5 Å². The van der Waals surface area contributed by atoms with Crippen LogP contribution < -0.4 is 31.5 Å². The van der Waals surface area contributed by atoms with Crippen LogP contribution in [0.5, 0.6) is 0 Å². The molecule has 92 heavy (non-hydrogen) atoms. The fraction of sp³-hybridized carbons (Fsp3) is 0.383. The summed E-state index contributed by atoms with van der Waals surface area (Å²) in [6, 6.07) is 9.27. The van der Waals surface area contributed by atoms with E-state index in [0.29, 0.717) is 101 Å². The van der Waals surface area contributed by atoms with Crippen LogP contribution in [0.1, 0.15) is 151 Å². The molecule has 0 saturated heterocycles. The number of fused-ring (bicyclic) bond motifs is 14. The van der Waals surface area contributed by atoms with Crippen molar-refractivity contribution in [2.24, 2.45) is 11.8 Å². The lowest BCUT2D eigenvalue weighted by Gasteiger charge is -2.28. The van der Waals surface area contributed by atoms with Gasteiger partial charge in [0.05, 0.1) is 48.1 Å². The second-order valence-electron chi connectivity index (χ2n) is 21.8. The van der Waals surface area contributed by atoms with Crippen molar-refractivity contribution in [2.75, 3.05) is 32.1 Å². The van der Waals surface area contributed by atoms with Crippen molar-refractivity contribution in [3.63, 3.8) is 0 Å². The van der Waals surface area contributed by atoms with Crippen molar-refractivity contribution < 1.29 is 63.1 Å². The zero-order chi connectivity index (χ0) is 65.3. The number of methoxy groups -OCH3 is 1. The highest BCUT2D eigenvalue weighted by molar-refractivity contribution is 7.15. The third-order valence-electron chi connectivity index (χ3n) is 15.0. The summed E-state index contributed by atoms with van der Waals surface area (Å²) in [6.07, 6.45) is -0.911. The Morgan fingerprint density at radius 2 is 1.40 bits per heavy atom. The number of carbonyl (C=O) groups is 8. The van der Waals surface area contributed by atoms with Gasteiger partial charge in [-0.2, -0.15) is 0 Å². The number of benzene rings is 1. The van der Waals surface area contributed by atoms with Crippen molar-refractivity contribution in [3.05, 3.63) is 111 Å². The first kappa shape index (κ1) is 66.5. The number of thiazole rings is 6. The number of carboxylic acids is 2. The predicted octanol–water partition coefficient (Wildman–Crippen LogP) is 9.15. The van der Waals surface area contributed by atoms with Gasteiger partial charge in [-0.3, -0.25) is 38.5 Å². The van der Waals surface area contributed by atoms with E-state index in [1.54, 1.807) is 70.9 Å². The summed E-state index contributed by atoms with van der Waals surface area (Å²) >= 11 is 7.01. The number of aliphatic carboxylic acids is 2. The van der Waals surface area contributed by atoms with Crippen LogP contribution in [0, 0.1) is 18.8 Å². The summed E-state index contributed by atoms with van der Waals surface area (Å²) in [4.78, 5) is 143. The van der Waals surface area contributed by atoms with Gasteiger partial charge >= 0.3 is 18.0 Å². The summed E-state index contributed by atoms with van der Waals surface area (Å²) < 4.78 is 11.4. The first-order chi connectivity index (χ1) is 44.2. The van der Waals surface area contributed by atoms with Crippen molar-refractivity contribution in [3.8, 4) is 43.4 Å². The molecule has 8 heterocycles. The lowest BCUT2D eigenvalue weighted by atomic mass is 9.87. The number of amides is 6. The topological polar surface area (TPSA) is 369 Å². The maximum Gasteiger partial charge on any atom is 0.415 e. The molecule has 1 unspecified atom stereocenters. The summed E-state index contributed by atoms with van der Waals surface area (Å²) in [5, 5.41) is 53.8. The molecule has 1 aliphatic heterocycles. The second kappa shape index (κ2) is 29.9. The Hall–Kier alpha value is -8.37. The van der Waals surface area contributed by atoms with Crippen LogP contribution in [0.4, 0.5) is 10.6 Å². The van der Waals surface area contributed by atoms with E-state index in [-0.39, 0.29) is 66.2 Å². The van der Waals surface area contributed by atoms with Gasteiger partial charge in [0.15, 0.2) is 0 Å². The fourth-order valence-corrected chi connectivity index (χ4v) is 15.7. The van der Waals surface area contributed by atoms with Crippen LogP contribution in [0.2, 0.25) is 0 Å². The maximum atomic E-state index is 14.4. The van der Waals surface area contributed by atoms with Gasteiger partial charge < -0.3 is 51.4 Å². The van der Waals surface area contributed by atoms with Crippen LogP contribution in [-0.4, -0.2) is 131 Å². The highest BCUT2D eigenvalue weighted by atomic mass is 32.1. The number of unbranched alkanes of at least 4 members (excludes halogenated alkanes) is 1. The molecule has 1 fully saturated rings. The molecule has 1 aliphatic carbocycles. The fourth-order valence-electron chi connectivity index (χ4n) is 10.2. The molecule has 1 saturated carbocycles. The van der Waals surface area contributed by atoms with Crippen LogP contribution in [0.25, 0.3) is 43.4 Å². The van der Waals surface area contributed by atoms with Gasteiger partial charge in [-0.1, -0.05) is 44.2 Å². The maximum absolute atomic E-state index is 14.4. The molecule has 2 aliphatic rings. The van der Waals surface area contributed by atoms with Gasteiger partial charge in [0, 0.05) is 59.1 Å². The van der Waals surface area contributed by atoms with Gasteiger partial charge in [0.1, 0.15) is 88.3 Å². The minimum absolute atomic E-state index is 0.00983. The van der Waals surface area contributed by atoms with Crippen LogP contribution in [0.3, 0.4) is 0 Å². The summed E-state index contributed by atoms with van der Waals surface area (Å²) in [5.41, 5.74) is 2.35. The number of hydrogen-bond donors (Lipinski definition) is 8. The number of rotatable bonds is 16. The first-order valence-corrected chi connectivity index (χ1v) is 34.3. The lowest BCUT2D eigenvalue weighted by Crippen LogP contribution is -2.40. The SMILES string of the molecule is CNC(=O)C[C@@H]1NC(=O)c2csc(n2)-c2ccc(-c3nc(N(CCCCC(=O)O)C(=O)OC4CCC(C(=O)O)CC4)cs3)nc2-c2csc(n2)-c2csc(n2)[C@H]([C@@H](O)c2ccccc2)NC(=O)CNC(=O)c2nc(sc2COC)C(C(C)C)NC(=O)c2nc1sc2C. The highest BCUT2D eigenvalue weighted by Crippen LogP contribution is 2.41. The zero-order valence-electron chi connectivity index (χ0n) is 50.1. The lowest BCUT2D eigenvalue weighted by molar-refractivity contribution is -0.143. The van der Waals surface area contributed by atoms with Crippen LogP contribution in [-0.2, 0) is 35.3 Å². The standard InChI is InChI=1S/C60H63N13O13S6/c1-28(2)44-58-72-47(39(92-58)23-85-5)51(80)62-22-42(75)69-48(49(78)30-11-7-6-8-12-30)57-67-38(26-89-57)55-65-36(24-88-55)46-33(53-66-37(25-87-53)50(79)64-35(21-41(74)61-4)56-71-45(29(3)91-56)52(81)70-44)18-19-34(63-46)54-68-40(27-90-54)73(20-10-9-13-43(76)77)60(84)86-32-16-14-31(15-17-32)59(82)83/h6-8,11-12,18-19,24-28,31-32,35,44,48-49,78H,9-10,13-17,20-23H2,1-5H3,(H,61,74)(H,62,80)(H,64,79)(H,69,75)(H,70,81)(H,76,77)(H,82,83)/t31?,32?,35-,44?,48-,49-/m0/s1. The normalized spacial score (nSPS) is 18.4. The quantitative estimate of drug-likeness (QED) is 0.0418. The van der Waals surface area contributed by atoms with E-state index in [1.165, 1.54) is 53.1 Å². The van der Waals surface area contributed by atoms with Crippen LogP contribution in [0.15, 0.2) is 64.0 Å². The number of aliphatic hydroxyl groups excluding tert-OH is 1. The molecule has 1 aromatic carbocycles. The number of carbonyl (C=O) groups excluding carboxylic acids is 6. The van der Waals surface area contributed by atoms with Gasteiger partial charge in [0.25, 0.3) is 17.7 Å². The molecular formula is C60H63N13O13S6. The Morgan fingerprint density at radius 3 is 2.13 bits per heavy atom. The van der Waals surface area contributed by atoms with Gasteiger partial charge in [0.2, 0.25) is 11.8 Å². The molecule has 8 N–H and O–H groups in total. The Morgan fingerprint density at radius 1 is 0.696 bits per heavy atom. The number of anilines is 1. The largest absolute Gasteiger partial charge is 0.481 e. The number of carboxylic acid groups (broad SMARTS) is 2. The monoisotopic (exact) mass is 1370 g/mol. The number of aliphatic hydroxyl groups is 1. The minimum atomic E-state index is -1.31. The summed E-state index contributed by atoms with van der Waals surface area (Å²) in [7, 11) is 2.92. The number of pyridine rings is 1. The Balaban J connectivity index is 1.03. The summed E-state index contributed by atoms with van der Waals surface area (Å²) in [5.74, 6) is -5.45. The molecule has 8 aromatic rings. The van der Waals surface area contributed by atoms with E-state index < -0.39 is 90.4 Å². The number of ether oxygens (including phenoxy) is 2. The van der Waals surface area contributed by atoms with Gasteiger partial charge in [-0.05, 0) is 69.1 Å². The Kier molecular flexibility index (Phi) is 21.7. The number of nitrogens with zero attached hydrogens (tertiary/aromatic N) is 8. The zero-order valence-corrected chi connectivity index (χ0v) is 55.0. The summed E-state index contributed by atoms with van der Waals surface area (Å²) in [6.45, 7) is 4.96. The van der Waals surface area contributed by atoms with Crippen molar-refractivity contribution in [2.45, 2.75) is 109 Å². The molecule has 7 aromatic heterocycles. The molecule has 0 spiro atoms. The average molecular weight is 1370 g/mol. The van der Waals surface area contributed by atoms with E-state index in [4.69, 9.17) is 44.4 Å². The van der Waals surface area contributed by atoms with Crippen LogP contribution >= 0.6 is 68.0 Å². The first-order valence-electron chi connectivity index (χ1n) is 29.1. The molecule has 10 bridgehead atoms. The van der Waals surface area contributed by atoms with E-state index >= 15 is 0 Å². The molecule has 6 amide bonds. The third-order valence-corrected chi connectivity index (χ3v) is 20.8. The molecule has 4 atom stereocenters. The Labute approximate surface area is 550 Å². The predicted molar refractivity (Wildman–Crippen MR) is 346 cm³/mol. The van der Waals surface area contributed by atoms with Gasteiger partial charge in [-0.15, -0.1) is 68.0 Å². The molecule has 482 valence electrons. The molecule has 32 heteroatoms. The number of nitrogens with one attached hydrogen (secondary N) is 5. The number of aromatic nitrogens is 7. The highest BCUT2D eigenvalue weighted by Gasteiger charge is 2.35. The number of hydrogen-bond acceptors (Lipinski definition) is 24. The smallest absolute Gasteiger partial charge is 0.415 e. The van der Waals surface area contributed by atoms with E-state index in [0.717, 1.165) is 34.0 Å². The molecular weight excluding hydrogens is 1300 g/mol. The van der Waals surface area contributed by atoms with E-state index in [9.17, 15) is 53.7 Å². The average Bonchev–Trinajstić information content (AvgIpc) is 1.62. The molecule has 26 nitrogen and oxygen atoms in total. The van der Waals surface area contributed by atoms with Crippen molar-refractivity contribution in [1.29, 1.82) is 0 Å². The second-order valence-corrected chi connectivity index (χ2v) is 27.7. The molecule has 10 rings (SSSR count).